The molecule has 0 saturated carbocycles. The summed E-state index contributed by atoms with van der Waals surface area (Å²) in [5.41, 5.74) is 14.2. The number of carboxylic acid groups (broad SMARTS) is 1. The number of hydrogen-bond donors (Lipinski definition) is 13. The molecule has 4 rings (SSSR count). The summed E-state index contributed by atoms with van der Waals surface area (Å²) in [7, 11) is -1.47. The van der Waals surface area contributed by atoms with E-state index in [1.54, 1.807) is 18.2 Å². The third-order valence-electron chi connectivity index (χ3n) is 11.9. The predicted octanol–water partition coefficient (Wildman–Crippen LogP) is 1.36. The molecular weight excluding hydrogens is 1010 g/mol. The normalized spacial score (nSPS) is 17.9. The number of hydrogen-bond acceptors (Lipinski definition) is 17. The van der Waals surface area contributed by atoms with Crippen molar-refractivity contribution in [1.82, 2.24) is 36.9 Å². The SMILES string of the molecule is CC(NCC(O)CP(O)CCCCCNC(=O)c1ccc(C(N)(N)C(F)(F)F)cc1OCCOCCOCCNC(=O)CN(N)/C=C(\N)CNC(=O)CCCCC1SC[C@@H]2NC(=O)N[C@H]12)c1cccc(C(=O)O)c1. The number of unbranched alkanes of at least 4 members (excludes halogenated alkanes) is 3. The average Bonchev–Trinajstić information content (AvgIpc) is 3.91. The number of nitrogens with two attached hydrogens (primary N) is 4. The number of aromatic carboxylic acids is 1. The Hall–Kier alpha value is -5.02. The number of aliphatic hydroxyl groups is 1. The fourth-order valence-corrected chi connectivity index (χ4v) is 10.7. The Morgan fingerprint density at radius 3 is 2.43 bits per heavy atom. The van der Waals surface area contributed by atoms with Gasteiger partial charge >= 0.3 is 18.2 Å². The van der Waals surface area contributed by atoms with Crippen molar-refractivity contribution in [1.29, 1.82) is 0 Å². The number of aliphatic hydroxyl groups excluding tert-OH is 1. The number of fused-ring (bicyclic) bond motifs is 1. The summed E-state index contributed by atoms with van der Waals surface area (Å²) in [5, 5.41) is 38.3. The van der Waals surface area contributed by atoms with Crippen LogP contribution < -0.4 is 59.7 Å². The van der Waals surface area contributed by atoms with Crippen molar-refractivity contribution in [3.05, 3.63) is 76.6 Å². The number of hydrazine groups is 1. The number of alkyl halides is 3. The molecule has 0 radical (unpaired) electrons. The molecule has 0 aromatic heterocycles. The molecule has 2 aromatic carbocycles. The zero-order valence-electron chi connectivity index (χ0n) is 41.5. The summed E-state index contributed by atoms with van der Waals surface area (Å²) in [6.07, 6.45) is 0.718. The Labute approximate surface area is 434 Å². The van der Waals surface area contributed by atoms with Crippen molar-refractivity contribution in [2.24, 2.45) is 23.0 Å². The summed E-state index contributed by atoms with van der Waals surface area (Å²) in [5.74, 6) is 4.37. The second-order valence-corrected chi connectivity index (χ2v) is 21.1. The van der Waals surface area contributed by atoms with Crippen LogP contribution >= 0.6 is 19.9 Å². The van der Waals surface area contributed by atoms with Crippen molar-refractivity contribution in [2.45, 2.75) is 93.2 Å². The summed E-state index contributed by atoms with van der Waals surface area (Å²) in [6.45, 7) is 2.44. The molecule has 0 spiro atoms. The maximum absolute atomic E-state index is 13.7. The molecule has 414 valence electrons. The number of nitrogens with zero attached hydrogens (tertiary/aromatic N) is 1. The molecule has 27 heteroatoms. The van der Waals surface area contributed by atoms with E-state index in [4.69, 9.17) is 37.3 Å². The van der Waals surface area contributed by atoms with E-state index in [1.165, 1.54) is 12.3 Å². The first-order valence-electron chi connectivity index (χ1n) is 24.4. The predicted molar refractivity (Wildman–Crippen MR) is 274 cm³/mol. The van der Waals surface area contributed by atoms with Crippen LogP contribution in [0.1, 0.15) is 89.8 Å². The van der Waals surface area contributed by atoms with E-state index >= 15 is 0 Å². The second kappa shape index (κ2) is 31.1. The molecule has 0 aliphatic carbocycles. The molecule has 2 heterocycles. The Morgan fingerprint density at radius 2 is 1.69 bits per heavy atom. The molecule has 22 nitrogen and oxygen atoms in total. The lowest BCUT2D eigenvalue weighted by atomic mass is 9.98. The molecule has 6 atom stereocenters. The van der Waals surface area contributed by atoms with Crippen molar-refractivity contribution in [2.75, 3.05) is 83.8 Å². The van der Waals surface area contributed by atoms with Crippen molar-refractivity contribution < 1.29 is 66.5 Å². The first kappa shape index (κ1) is 61.5. The van der Waals surface area contributed by atoms with Gasteiger partial charge in [0, 0.05) is 69.3 Å². The van der Waals surface area contributed by atoms with E-state index in [1.807, 2.05) is 18.7 Å². The highest BCUT2D eigenvalue weighted by atomic mass is 32.2. The van der Waals surface area contributed by atoms with Crippen LogP contribution in [0.15, 0.2) is 54.4 Å². The molecule has 2 aliphatic rings. The number of halogens is 3. The van der Waals surface area contributed by atoms with Crippen LogP contribution in [0, 0.1) is 0 Å². The van der Waals surface area contributed by atoms with E-state index in [2.05, 4.69) is 31.9 Å². The number of ether oxygens (including phenoxy) is 3. The van der Waals surface area contributed by atoms with E-state index in [-0.39, 0.29) is 125 Å². The smallest absolute Gasteiger partial charge is 0.423 e. The molecule has 0 bridgehead atoms. The Balaban J connectivity index is 1.05. The number of carboxylic acids is 1. The molecule has 2 saturated heterocycles. The van der Waals surface area contributed by atoms with E-state index in [9.17, 15) is 52.3 Å². The van der Waals surface area contributed by atoms with Gasteiger partial charge in [0.25, 0.3) is 5.91 Å². The number of carbonyl (C=O) groups excluding carboxylic acids is 4. The lowest BCUT2D eigenvalue weighted by Crippen LogP contribution is -2.57. The molecule has 17 N–H and O–H groups in total. The number of rotatable bonds is 35. The van der Waals surface area contributed by atoms with Gasteiger partial charge < -0.3 is 83.4 Å². The zero-order chi connectivity index (χ0) is 54.3. The summed E-state index contributed by atoms with van der Waals surface area (Å²) in [6, 6.07) is 9.55. The van der Waals surface area contributed by atoms with Gasteiger partial charge in [-0.1, -0.05) is 31.0 Å². The van der Waals surface area contributed by atoms with Crippen LogP contribution in [0.5, 0.6) is 5.75 Å². The number of amides is 5. The Bertz CT molecular complexity index is 2170. The lowest BCUT2D eigenvalue weighted by molar-refractivity contribution is -0.188. The van der Waals surface area contributed by atoms with Gasteiger partial charge in [-0.25, -0.2) is 15.4 Å². The fraction of sp³-hybridized carbons (Fsp3) is 0.596. The number of benzene rings is 2. The molecule has 4 unspecified atom stereocenters. The number of nitrogens with one attached hydrogen (secondary N) is 6. The van der Waals surface area contributed by atoms with Crippen LogP contribution in [0.25, 0.3) is 0 Å². The molecule has 5 amide bonds. The standard InChI is InChI=1S/C47H73F3N11O11PS/c1-30(31-8-7-9-32(22-31)44(66)67)57-25-35(62)28-73(69)21-6-2-5-14-56-43(65)36-13-12-33(46(52,53)47(48,49)50)23-38(36)72-20-19-71-18-17-70-16-15-55-41(64)27-61(54)26-34(51)24-58-40(63)11-4-3-10-39-42-37(29-74-39)59-45(68)60-42/h7-9,12-13,22-23,26,30,35,37,39,42,57,62,69H,2-6,10-11,14-21,24-25,27-29,51-54H2,1H3,(H,55,64)(H,56,65)(H,58,63)(H,66,67)(H2,59,60,68)/b34-26-/t30?,35?,37-,39?,42-,73?/m0/s1. The van der Waals surface area contributed by atoms with Gasteiger partial charge in [-0.3, -0.25) is 14.4 Å². The maximum atomic E-state index is 13.7. The topological polar surface area (TPSA) is 353 Å². The van der Waals surface area contributed by atoms with Crippen LogP contribution in [0.3, 0.4) is 0 Å². The van der Waals surface area contributed by atoms with Gasteiger partial charge in [0.1, 0.15) is 18.9 Å². The van der Waals surface area contributed by atoms with E-state index < -0.39 is 49.4 Å². The van der Waals surface area contributed by atoms with Gasteiger partial charge in [0.2, 0.25) is 11.8 Å². The monoisotopic (exact) mass is 1090 g/mol. The van der Waals surface area contributed by atoms with Gasteiger partial charge in [-0.2, -0.15) is 24.9 Å². The second-order valence-electron chi connectivity index (χ2n) is 18.0. The number of urea groups is 1. The van der Waals surface area contributed by atoms with Crippen LogP contribution in [-0.4, -0.2) is 163 Å². The number of carbonyl (C=O) groups is 5. The third kappa shape index (κ3) is 21.3. The Kier molecular flexibility index (Phi) is 25.9. The van der Waals surface area contributed by atoms with Gasteiger partial charge in [0.05, 0.1) is 62.3 Å². The minimum atomic E-state index is -5.02. The van der Waals surface area contributed by atoms with Crippen LogP contribution in [0.4, 0.5) is 18.0 Å². The summed E-state index contributed by atoms with van der Waals surface area (Å²) >= 11 is 1.83. The first-order valence-corrected chi connectivity index (χ1v) is 27.1. The Morgan fingerprint density at radius 1 is 0.946 bits per heavy atom. The molecule has 2 aromatic rings. The first-order chi connectivity index (χ1) is 35.1. The van der Waals surface area contributed by atoms with Crippen molar-refractivity contribution in [3.63, 3.8) is 0 Å². The molecule has 2 fully saturated rings. The van der Waals surface area contributed by atoms with E-state index in [0.717, 1.165) is 47.4 Å². The maximum Gasteiger partial charge on any atom is 0.423 e. The largest absolute Gasteiger partial charge is 0.490 e. The highest BCUT2D eigenvalue weighted by Gasteiger charge is 2.51. The van der Waals surface area contributed by atoms with Gasteiger partial charge in [-0.05, 0) is 74.2 Å². The minimum Gasteiger partial charge on any atom is -0.490 e. The summed E-state index contributed by atoms with van der Waals surface area (Å²) < 4.78 is 57.8. The highest BCUT2D eigenvalue weighted by Crippen LogP contribution is 2.36. The van der Waals surface area contributed by atoms with Crippen molar-refractivity contribution >= 4 is 49.6 Å². The fourth-order valence-electron chi connectivity index (χ4n) is 7.80. The average molecular weight is 1090 g/mol. The van der Waals surface area contributed by atoms with Crippen LogP contribution in [0.2, 0.25) is 0 Å². The van der Waals surface area contributed by atoms with Crippen molar-refractivity contribution in [3.8, 4) is 5.75 Å². The minimum absolute atomic E-state index is 0.0294. The van der Waals surface area contributed by atoms with Gasteiger partial charge in [0.15, 0.2) is 5.66 Å². The summed E-state index contributed by atoms with van der Waals surface area (Å²) in [4.78, 5) is 71.2. The van der Waals surface area contributed by atoms with Crippen LogP contribution in [-0.2, 0) is 24.7 Å². The molecular formula is C47H73F3N11O11PS. The zero-order valence-corrected chi connectivity index (χ0v) is 43.2. The number of thioether (sulfide) groups is 1. The van der Waals surface area contributed by atoms with E-state index in [0.29, 0.717) is 43.5 Å². The molecule has 74 heavy (non-hydrogen) atoms. The quantitative estimate of drug-likeness (QED) is 0.0116. The molecule has 2 aliphatic heterocycles. The highest BCUT2D eigenvalue weighted by molar-refractivity contribution is 8.00. The van der Waals surface area contributed by atoms with Gasteiger partial charge in [-0.15, -0.1) is 0 Å². The lowest BCUT2D eigenvalue weighted by Gasteiger charge is -2.28. The third-order valence-corrected chi connectivity index (χ3v) is 15.1.